The highest BCUT2D eigenvalue weighted by Gasteiger charge is 2.27. The molecular weight excluding hydrogens is 208 g/mol. The van der Waals surface area contributed by atoms with E-state index in [1.165, 1.54) is 31.0 Å². The fraction of sp³-hybridized carbons (Fsp3) is 0.538. The molecule has 1 aromatic rings. The molecule has 1 saturated carbocycles. The number of nitrogens with one attached hydrogen (secondary N) is 1. The maximum absolute atomic E-state index is 13.3. The lowest BCUT2D eigenvalue weighted by atomic mass is 10.1. The van der Waals surface area contributed by atoms with Crippen LogP contribution in [0, 0.1) is 17.6 Å². The first-order chi connectivity index (χ1) is 7.68. The number of hydrogen-bond donors (Lipinski definition) is 1. The van der Waals surface area contributed by atoms with Crippen molar-refractivity contribution in [2.45, 2.75) is 32.2 Å². The minimum atomic E-state index is -0.444. The van der Waals surface area contributed by atoms with Gasteiger partial charge in [-0.05, 0) is 50.8 Å². The zero-order chi connectivity index (χ0) is 11.5. The van der Waals surface area contributed by atoms with Gasteiger partial charge < -0.3 is 5.32 Å². The minimum Gasteiger partial charge on any atom is -0.314 e. The molecule has 1 nitrogen and oxygen atoms in total. The molecule has 16 heavy (non-hydrogen) atoms. The van der Waals surface area contributed by atoms with Crippen LogP contribution < -0.4 is 5.32 Å². The lowest BCUT2D eigenvalue weighted by molar-refractivity contribution is 0.487. The van der Waals surface area contributed by atoms with Crippen LogP contribution >= 0.6 is 0 Å². The molecule has 0 aromatic heterocycles. The molecule has 0 heterocycles. The normalized spacial score (nSPS) is 17.4. The van der Waals surface area contributed by atoms with Crippen molar-refractivity contribution in [2.75, 3.05) is 6.54 Å². The summed E-state index contributed by atoms with van der Waals surface area (Å²) in [5, 5.41) is 3.31. The molecular formula is C13H17F2N. The standard InChI is InChI=1S/C13H17F2N/c1-9(10-5-6-10)16-8-7-11-12(14)3-2-4-13(11)15/h2-4,9-10,16H,5-8H2,1H3. The fourth-order valence-corrected chi connectivity index (χ4v) is 1.96. The summed E-state index contributed by atoms with van der Waals surface area (Å²) < 4.78 is 26.6. The lowest BCUT2D eigenvalue weighted by Crippen LogP contribution is -2.30. The van der Waals surface area contributed by atoms with Gasteiger partial charge in [-0.25, -0.2) is 8.78 Å². The Morgan fingerprint density at radius 1 is 1.31 bits per heavy atom. The molecule has 1 aliphatic rings. The van der Waals surface area contributed by atoms with Crippen molar-refractivity contribution in [1.82, 2.24) is 5.32 Å². The highest BCUT2D eigenvalue weighted by atomic mass is 19.1. The number of hydrogen-bond acceptors (Lipinski definition) is 1. The highest BCUT2D eigenvalue weighted by Crippen LogP contribution is 2.32. The summed E-state index contributed by atoms with van der Waals surface area (Å²) in [6.45, 7) is 2.77. The van der Waals surface area contributed by atoms with Crippen molar-refractivity contribution in [3.05, 3.63) is 35.4 Å². The lowest BCUT2D eigenvalue weighted by Gasteiger charge is -2.12. The van der Waals surface area contributed by atoms with Crippen molar-refractivity contribution in [3.63, 3.8) is 0 Å². The third-order valence-electron chi connectivity index (χ3n) is 3.23. The number of benzene rings is 1. The Morgan fingerprint density at radius 3 is 2.50 bits per heavy atom. The average molecular weight is 225 g/mol. The van der Waals surface area contributed by atoms with Gasteiger partial charge in [-0.2, -0.15) is 0 Å². The second-order valence-corrected chi connectivity index (χ2v) is 4.53. The summed E-state index contributed by atoms with van der Waals surface area (Å²) in [5.74, 6) is -0.118. The molecule has 3 heteroatoms. The van der Waals surface area contributed by atoms with E-state index in [9.17, 15) is 8.78 Å². The molecule has 0 saturated heterocycles. The molecule has 2 rings (SSSR count). The summed E-state index contributed by atoms with van der Waals surface area (Å²) in [6.07, 6.45) is 2.97. The van der Waals surface area contributed by atoms with Gasteiger partial charge in [0, 0.05) is 11.6 Å². The van der Waals surface area contributed by atoms with Gasteiger partial charge in [-0.15, -0.1) is 0 Å². The fourth-order valence-electron chi connectivity index (χ4n) is 1.96. The predicted octanol–water partition coefficient (Wildman–Crippen LogP) is 2.90. The van der Waals surface area contributed by atoms with E-state index in [1.54, 1.807) is 0 Å². The molecule has 0 spiro atoms. The maximum Gasteiger partial charge on any atom is 0.129 e. The summed E-state index contributed by atoms with van der Waals surface area (Å²) >= 11 is 0. The van der Waals surface area contributed by atoms with Gasteiger partial charge in [0.25, 0.3) is 0 Å². The molecule has 1 aliphatic carbocycles. The van der Waals surface area contributed by atoms with E-state index in [2.05, 4.69) is 12.2 Å². The van der Waals surface area contributed by atoms with Gasteiger partial charge >= 0.3 is 0 Å². The minimum absolute atomic E-state index is 0.193. The molecule has 88 valence electrons. The number of halogens is 2. The van der Waals surface area contributed by atoms with Gasteiger partial charge in [0.15, 0.2) is 0 Å². The van der Waals surface area contributed by atoms with Crippen LogP contribution in [-0.2, 0) is 6.42 Å². The Kier molecular flexibility index (Phi) is 3.54. The Balaban J connectivity index is 1.84. The van der Waals surface area contributed by atoms with Crippen molar-refractivity contribution in [2.24, 2.45) is 5.92 Å². The van der Waals surface area contributed by atoms with Crippen LogP contribution in [0.3, 0.4) is 0 Å². The van der Waals surface area contributed by atoms with Gasteiger partial charge in [-0.3, -0.25) is 0 Å². The Bertz CT molecular complexity index is 341. The SMILES string of the molecule is CC(NCCc1c(F)cccc1F)C1CC1. The van der Waals surface area contributed by atoms with E-state index >= 15 is 0 Å². The van der Waals surface area contributed by atoms with Crippen LogP contribution in [-0.4, -0.2) is 12.6 Å². The van der Waals surface area contributed by atoms with Crippen LogP contribution in [0.25, 0.3) is 0 Å². The zero-order valence-electron chi connectivity index (χ0n) is 9.47. The second-order valence-electron chi connectivity index (χ2n) is 4.53. The first-order valence-corrected chi connectivity index (χ1v) is 5.84. The Labute approximate surface area is 94.9 Å². The monoisotopic (exact) mass is 225 g/mol. The van der Waals surface area contributed by atoms with Crippen LogP contribution in [0.1, 0.15) is 25.3 Å². The molecule has 1 unspecified atom stereocenters. The van der Waals surface area contributed by atoms with Gasteiger partial charge in [-0.1, -0.05) is 6.07 Å². The second kappa shape index (κ2) is 4.91. The predicted molar refractivity (Wildman–Crippen MR) is 60.3 cm³/mol. The van der Waals surface area contributed by atoms with E-state index in [4.69, 9.17) is 0 Å². The van der Waals surface area contributed by atoms with E-state index in [1.807, 2.05) is 0 Å². The molecule has 1 fully saturated rings. The molecule has 1 aromatic carbocycles. The van der Waals surface area contributed by atoms with Crippen molar-refractivity contribution < 1.29 is 8.78 Å². The molecule has 0 aliphatic heterocycles. The van der Waals surface area contributed by atoms with Crippen LogP contribution in [0.4, 0.5) is 8.78 Å². The van der Waals surface area contributed by atoms with E-state index in [-0.39, 0.29) is 5.56 Å². The summed E-state index contributed by atoms with van der Waals surface area (Å²) in [7, 11) is 0. The van der Waals surface area contributed by atoms with E-state index in [0.717, 1.165) is 5.92 Å². The van der Waals surface area contributed by atoms with Crippen LogP contribution in [0.15, 0.2) is 18.2 Å². The van der Waals surface area contributed by atoms with Crippen molar-refractivity contribution in [3.8, 4) is 0 Å². The topological polar surface area (TPSA) is 12.0 Å². The first-order valence-electron chi connectivity index (χ1n) is 5.84. The largest absolute Gasteiger partial charge is 0.314 e. The molecule has 0 bridgehead atoms. The van der Waals surface area contributed by atoms with Crippen LogP contribution in [0.2, 0.25) is 0 Å². The van der Waals surface area contributed by atoms with Crippen LogP contribution in [0.5, 0.6) is 0 Å². The highest BCUT2D eigenvalue weighted by molar-refractivity contribution is 5.19. The van der Waals surface area contributed by atoms with Crippen molar-refractivity contribution >= 4 is 0 Å². The zero-order valence-corrected chi connectivity index (χ0v) is 9.47. The summed E-state index contributed by atoms with van der Waals surface area (Å²) in [5.41, 5.74) is 0.193. The third kappa shape index (κ3) is 2.79. The quantitative estimate of drug-likeness (QED) is 0.812. The molecule has 1 N–H and O–H groups in total. The van der Waals surface area contributed by atoms with Gasteiger partial charge in [0.05, 0.1) is 0 Å². The first kappa shape index (κ1) is 11.5. The molecule has 1 atom stereocenters. The summed E-state index contributed by atoms with van der Waals surface area (Å²) in [4.78, 5) is 0. The van der Waals surface area contributed by atoms with Crippen molar-refractivity contribution in [1.29, 1.82) is 0 Å². The van der Waals surface area contributed by atoms with Gasteiger partial charge in [0.2, 0.25) is 0 Å². The number of rotatable bonds is 5. The van der Waals surface area contributed by atoms with E-state index in [0.29, 0.717) is 19.0 Å². The Morgan fingerprint density at radius 2 is 1.94 bits per heavy atom. The summed E-state index contributed by atoms with van der Waals surface area (Å²) in [6, 6.07) is 4.48. The molecule has 0 amide bonds. The smallest absolute Gasteiger partial charge is 0.129 e. The van der Waals surface area contributed by atoms with E-state index < -0.39 is 11.6 Å². The molecule has 0 radical (unpaired) electrons. The maximum atomic E-state index is 13.3. The third-order valence-corrected chi connectivity index (χ3v) is 3.23. The Hall–Kier alpha value is -0.960. The average Bonchev–Trinajstić information content (AvgIpc) is 3.05. The van der Waals surface area contributed by atoms with Gasteiger partial charge in [0.1, 0.15) is 11.6 Å².